The van der Waals surface area contributed by atoms with Gasteiger partial charge in [0.15, 0.2) is 0 Å². The van der Waals surface area contributed by atoms with E-state index in [0.717, 1.165) is 11.3 Å². The summed E-state index contributed by atoms with van der Waals surface area (Å²) < 4.78 is 28.6. The molecular formula is C16H19NO3S. The summed E-state index contributed by atoms with van der Waals surface area (Å²) in [7, 11) is -2.83. The quantitative estimate of drug-likeness (QED) is 0.943. The van der Waals surface area contributed by atoms with E-state index in [9.17, 15) is 8.42 Å². The standard InChI is InChI=1S/C16H19NO3S/c18-21(19)11-8-14(9-12-21)17-16(15-7-4-10-20-15)13-5-2-1-3-6-13/h1-7,10,14,16-17H,8-9,11-12H2. The fourth-order valence-corrected chi connectivity index (χ4v) is 4.23. The average Bonchev–Trinajstić information content (AvgIpc) is 3.01. The molecule has 1 saturated heterocycles. The van der Waals surface area contributed by atoms with Crippen molar-refractivity contribution in [1.82, 2.24) is 5.32 Å². The molecule has 1 aliphatic rings. The molecule has 1 aromatic heterocycles. The van der Waals surface area contributed by atoms with Gasteiger partial charge in [-0.25, -0.2) is 8.42 Å². The Bertz CT molecular complexity index is 651. The summed E-state index contributed by atoms with van der Waals surface area (Å²) in [5.41, 5.74) is 1.13. The maximum absolute atomic E-state index is 11.5. The number of furan rings is 1. The van der Waals surface area contributed by atoms with Gasteiger partial charge in [0.05, 0.1) is 23.8 Å². The predicted molar refractivity (Wildman–Crippen MR) is 81.8 cm³/mol. The molecule has 0 aliphatic carbocycles. The molecule has 2 heterocycles. The summed E-state index contributed by atoms with van der Waals surface area (Å²) in [5.74, 6) is 1.39. The largest absolute Gasteiger partial charge is 0.467 e. The average molecular weight is 305 g/mol. The molecule has 1 aromatic carbocycles. The van der Waals surface area contributed by atoms with Gasteiger partial charge >= 0.3 is 0 Å². The third-order valence-electron chi connectivity index (χ3n) is 3.92. The highest BCUT2D eigenvalue weighted by molar-refractivity contribution is 7.91. The van der Waals surface area contributed by atoms with Crippen LogP contribution in [0.5, 0.6) is 0 Å². The van der Waals surface area contributed by atoms with E-state index in [2.05, 4.69) is 17.4 Å². The van der Waals surface area contributed by atoms with Crippen LogP contribution in [0.15, 0.2) is 53.1 Å². The minimum atomic E-state index is -2.83. The van der Waals surface area contributed by atoms with Crippen molar-refractivity contribution in [3.05, 3.63) is 60.1 Å². The van der Waals surface area contributed by atoms with Crippen LogP contribution in [0.4, 0.5) is 0 Å². The van der Waals surface area contributed by atoms with Gasteiger partial charge < -0.3 is 9.73 Å². The maximum atomic E-state index is 11.5. The summed E-state index contributed by atoms with van der Waals surface area (Å²) in [6.07, 6.45) is 2.98. The van der Waals surface area contributed by atoms with Crippen molar-refractivity contribution >= 4 is 9.84 Å². The molecule has 1 atom stereocenters. The Hall–Kier alpha value is -1.59. The number of sulfone groups is 1. The Morgan fingerprint density at radius 2 is 1.76 bits per heavy atom. The third-order valence-corrected chi connectivity index (χ3v) is 5.63. The molecule has 4 nitrogen and oxygen atoms in total. The van der Waals surface area contributed by atoms with E-state index in [1.165, 1.54) is 0 Å². The second-order valence-electron chi connectivity index (χ2n) is 5.45. The maximum Gasteiger partial charge on any atom is 0.150 e. The SMILES string of the molecule is O=S1(=O)CCC(NC(c2ccccc2)c2ccco2)CC1. The highest BCUT2D eigenvalue weighted by atomic mass is 32.2. The van der Waals surface area contributed by atoms with Gasteiger partial charge in [0.2, 0.25) is 0 Å². The van der Waals surface area contributed by atoms with Gasteiger partial charge in [-0.1, -0.05) is 30.3 Å². The second kappa shape index (κ2) is 6.03. The van der Waals surface area contributed by atoms with Gasteiger partial charge in [0.25, 0.3) is 0 Å². The summed E-state index contributed by atoms with van der Waals surface area (Å²) in [4.78, 5) is 0. The Morgan fingerprint density at radius 3 is 2.38 bits per heavy atom. The molecule has 1 aliphatic heterocycles. The van der Waals surface area contributed by atoms with E-state index >= 15 is 0 Å². The van der Waals surface area contributed by atoms with Crippen LogP contribution in [-0.4, -0.2) is 26.0 Å². The van der Waals surface area contributed by atoms with E-state index in [4.69, 9.17) is 4.42 Å². The van der Waals surface area contributed by atoms with Crippen LogP contribution >= 0.6 is 0 Å². The fourth-order valence-electron chi connectivity index (χ4n) is 2.74. The molecule has 1 N–H and O–H groups in total. The van der Waals surface area contributed by atoms with Gasteiger partial charge in [0.1, 0.15) is 15.6 Å². The normalized spacial score (nSPS) is 20.2. The van der Waals surface area contributed by atoms with E-state index in [-0.39, 0.29) is 23.6 Å². The van der Waals surface area contributed by atoms with Crippen molar-refractivity contribution in [2.24, 2.45) is 0 Å². The monoisotopic (exact) mass is 305 g/mol. The summed E-state index contributed by atoms with van der Waals surface area (Å²) in [6, 6.07) is 14.1. The molecule has 0 spiro atoms. The highest BCUT2D eigenvalue weighted by Gasteiger charge is 2.27. The summed E-state index contributed by atoms with van der Waals surface area (Å²) in [6.45, 7) is 0. The van der Waals surface area contributed by atoms with Crippen molar-refractivity contribution in [1.29, 1.82) is 0 Å². The van der Waals surface area contributed by atoms with E-state index in [1.54, 1.807) is 6.26 Å². The molecule has 1 fully saturated rings. The van der Waals surface area contributed by atoms with Gasteiger partial charge in [-0.3, -0.25) is 0 Å². The first kappa shape index (κ1) is 14.4. The molecule has 0 saturated carbocycles. The molecule has 0 radical (unpaired) electrons. The lowest BCUT2D eigenvalue weighted by Gasteiger charge is -2.27. The molecule has 1 unspecified atom stereocenters. The lowest BCUT2D eigenvalue weighted by Crippen LogP contribution is -2.39. The van der Waals surface area contributed by atoms with Gasteiger partial charge in [-0.15, -0.1) is 0 Å². The topological polar surface area (TPSA) is 59.3 Å². The third kappa shape index (κ3) is 3.54. The van der Waals surface area contributed by atoms with Gasteiger partial charge in [-0.05, 0) is 30.5 Å². The lowest BCUT2D eigenvalue weighted by atomic mass is 10.0. The lowest BCUT2D eigenvalue weighted by molar-refractivity contribution is 0.385. The summed E-state index contributed by atoms with van der Waals surface area (Å²) >= 11 is 0. The van der Waals surface area contributed by atoms with Gasteiger partial charge in [-0.2, -0.15) is 0 Å². The minimum absolute atomic E-state index is 0.0352. The number of hydrogen-bond acceptors (Lipinski definition) is 4. The van der Waals surface area contributed by atoms with Crippen molar-refractivity contribution < 1.29 is 12.8 Å². The van der Waals surface area contributed by atoms with Crippen LogP contribution in [0.25, 0.3) is 0 Å². The molecule has 3 rings (SSSR count). The molecule has 5 heteroatoms. The minimum Gasteiger partial charge on any atom is -0.467 e. The van der Waals surface area contributed by atoms with Crippen LogP contribution in [0.3, 0.4) is 0 Å². The molecule has 2 aromatic rings. The van der Waals surface area contributed by atoms with E-state index in [1.807, 2.05) is 30.3 Å². The number of hydrogen-bond donors (Lipinski definition) is 1. The van der Waals surface area contributed by atoms with Crippen LogP contribution < -0.4 is 5.32 Å². The second-order valence-corrected chi connectivity index (χ2v) is 7.76. The zero-order valence-corrected chi connectivity index (χ0v) is 12.6. The first-order valence-electron chi connectivity index (χ1n) is 7.19. The molecule has 112 valence electrons. The number of benzene rings is 1. The molecular weight excluding hydrogens is 286 g/mol. The van der Waals surface area contributed by atoms with Crippen molar-refractivity contribution in [3.8, 4) is 0 Å². The van der Waals surface area contributed by atoms with Crippen molar-refractivity contribution in [2.75, 3.05) is 11.5 Å². The highest BCUT2D eigenvalue weighted by Crippen LogP contribution is 2.25. The zero-order chi connectivity index (χ0) is 14.7. The number of rotatable bonds is 4. The van der Waals surface area contributed by atoms with E-state index < -0.39 is 9.84 Å². The Kier molecular flexibility index (Phi) is 4.12. The fraction of sp³-hybridized carbons (Fsp3) is 0.375. The Labute approximate surface area is 125 Å². The van der Waals surface area contributed by atoms with Crippen LogP contribution in [0.2, 0.25) is 0 Å². The predicted octanol–water partition coefficient (Wildman–Crippen LogP) is 2.54. The van der Waals surface area contributed by atoms with Crippen LogP contribution in [-0.2, 0) is 9.84 Å². The van der Waals surface area contributed by atoms with Crippen LogP contribution in [0, 0.1) is 0 Å². The molecule has 0 bridgehead atoms. The first-order chi connectivity index (χ1) is 10.1. The number of nitrogens with one attached hydrogen (secondary N) is 1. The van der Waals surface area contributed by atoms with Gasteiger partial charge in [0, 0.05) is 6.04 Å². The zero-order valence-electron chi connectivity index (χ0n) is 11.7. The van der Waals surface area contributed by atoms with E-state index in [0.29, 0.717) is 12.8 Å². The molecule has 0 amide bonds. The summed E-state index contributed by atoms with van der Waals surface area (Å²) in [5, 5.41) is 3.55. The van der Waals surface area contributed by atoms with Crippen LogP contribution in [0.1, 0.15) is 30.2 Å². The first-order valence-corrected chi connectivity index (χ1v) is 9.01. The Morgan fingerprint density at radius 1 is 1.05 bits per heavy atom. The van der Waals surface area contributed by atoms with Crippen molar-refractivity contribution in [3.63, 3.8) is 0 Å². The van der Waals surface area contributed by atoms with Crippen molar-refractivity contribution in [2.45, 2.75) is 24.9 Å². The molecule has 21 heavy (non-hydrogen) atoms. The Balaban J connectivity index is 1.78. The smallest absolute Gasteiger partial charge is 0.150 e.